The first-order chi connectivity index (χ1) is 7.09. The summed E-state index contributed by atoms with van der Waals surface area (Å²) < 4.78 is 0. The lowest BCUT2D eigenvalue weighted by molar-refractivity contribution is -0.128. The maximum Gasteiger partial charge on any atom is 0.154 e. The van der Waals surface area contributed by atoms with Crippen LogP contribution in [0.5, 0.6) is 0 Å². The molecule has 1 aromatic carbocycles. The minimum atomic E-state index is -0.378. The summed E-state index contributed by atoms with van der Waals surface area (Å²) in [5, 5.41) is 0. The lowest BCUT2D eigenvalue weighted by atomic mass is 9.86. The van der Waals surface area contributed by atoms with Crippen LogP contribution in [0.15, 0.2) is 24.3 Å². The van der Waals surface area contributed by atoms with E-state index < -0.39 is 0 Å². The maximum absolute atomic E-state index is 11.9. The molecule has 0 aromatic heterocycles. The first kappa shape index (κ1) is 10.4. The Balaban J connectivity index is 2.59. The van der Waals surface area contributed by atoms with Gasteiger partial charge in [0.1, 0.15) is 5.54 Å². The molecule has 1 aliphatic rings. The van der Waals surface area contributed by atoms with E-state index in [1.807, 2.05) is 26.2 Å². The molecule has 1 aliphatic carbocycles. The van der Waals surface area contributed by atoms with Gasteiger partial charge in [-0.1, -0.05) is 24.3 Å². The Morgan fingerprint density at radius 3 is 2.60 bits per heavy atom. The number of hydrogen-bond donors (Lipinski definition) is 0. The molecule has 1 unspecified atom stereocenters. The van der Waals surface area contributed by atoms with Gasteiger partial charge in [0.15, 0.2) is 5.78 Å². The number of aryl methyl sites for hydroxylation is 1. The van der Waals surface area contributed by atoms with Crippen LogP contribution in [0.4, 0.5) is 0 Å². The van der Waals surface area contributed by atoms with E-state index in [1.54, 1.807) is 6.92 Å². The standard InChI is InChI=1S/C13H17NO/c1-10(15)13(14(2)3)9-8-11-6-4-5-7-12(11)13/h4-7H,8-9H2,1-3H3. The van der Waals surface area contributed by atoms with E-state index in [2.05, 4.69) is 17.0 Å². The molecule has 0 spiro atoms. The predicted molar refractivity (Wildman–Crippen MR) is 60.8 cm³/mol. The van der Waals surface area contributed by atoms with Gasteiger partial charge in [0.2, 0.25) is 0 Å². The Morgan fingerprint density at radius 1 is 1.33 bits per heavy atom. The van der Waals surface area contributed by atoms with Crippen molar-refractivity contribution >= 4 is 5.78 Å². The second kappa shape index (κ2) is 3.46. The van der Waals surface area contributed by atoms with Gasteiger partial charge in [-0.05, 0) is 45.0 Å². The molecule has 0 fully saturated rings. The highest BCUT2D eigenvalue weighted by molar-refractivity contribution is 5.88. The van der Waals surface area contributed by atoms with Crippen molar-refractivity contribution in [1.82, 2.24) is 4.90 Å². The van der Waals surface area contributed by atoms with Crippen LogP contribution in [0, 0.1) is 0 Å². The number of benzene rings is 1. The summed E-state index contributed by atoms with van der Waals surface area (Å²) in [6.45, 7) is 1.70. The number of hydrogen-bond acceptors (Lipinski definition) is 2. The highest BCUT2D eigenvalue weighted by atomic mass is 16.1. The van der Waals surface area contributed by atoms with Gasteiger partial charge in [0.05, 0.1) is 0 Å². The molecule has 15 heavy (non-hydrogen) atoms. The number of rotatable bonds is 2. The van der Waals surface area contributed by atoms with Crippen molar-refractivity contribution < 1.29 is 4.79 Å². The highest BCUT2D eigenvalue weighted by Crippen LogP contribution is 2.40. The Labute approximate surface area is 90.9 Å². The monoisotopic (exact) mass is 203 g/mol. The number of nitrogens with zero attached hydrogens (tertiary/aromatic N) is 1. The quantitative estimate of drug-likeness (QED) is 0.732. The number of fused-ring (bicyclic) bond motifs is 1. The zero-order valence-electron chi connectivity index (χ0n) is 9.58. The molecule has 0 N–H and O–H groups in total. The normalized spacial score (nSPS) is 24.3. The summed E-state index contributed by atoms with van der Waals surface area (Å²) in [5.41, 5.74) is 2.14. The van der Waals surface area contributed by atoms with Gasteiger partial charge in [0, 0.05) is 0 Å². The fourth-order valence-corrected chi connectivity index (χ4v) is 2.74. The molecule has 0 aliphatic heterocycles. The Morgan fingerprint density at radius 2 is 2.00 bits per heavy atom. The molecule has 0 saturated carbocycles. The van der Waals surface area contributed by atoms with Gasteiger partial charge < -0.3 is 0 Å². The number of carbonyl (C=O) groups excluding carboxylic acids is 1. The molecule has 0 saturated heterocycles. The van der Waals surface area contributed by atoms with Crippen molar-refractivity contribution in [2.45, 2.75) is 25.3 Å². The van der Waals surface area contributed by atoms with Gasteiger partial charge >= 0.3 is 0 Å². The van der Waals surface area contributed by atoms with E-state index in [9.17, 15) is 4.79 Å². The molecule has 0 radical (unpaired) electrons. The summed E-state index contributed by atoms with van der Waals surface area (Å²) in [6, 6.07) is 8.28. The zero-order valence-corrected chi connectivity index (χ0v) is 9.58. The van der Waals surface area contributed by atoms with Crippen molar-refractivity contribution in [3.63, 3.8) is 0 Å². The first-order valence-corrected chi connectivity index (χ1v) is 5.36. The second-order valence-electron chi connectivity index (χ2n) is 4.47. The number of ketones is 1. The molecule has 1 atom stereocenters. The van der Waals surface area contributed by atoms with E-state index in [0.717, 1.165) is 12.8 Å². The van der Waals surface area contributed by atoms with Crippen LogP contribution in [-0.4, -0.2) is 24.8 Å². The van der Waals surface area contributed by atoms with Gasteiger partial charge in [-0.3, -0.25) is 9.69 Å². The van der Waals surface area contributed by atoms with Crippen molar-refractivity contribution in [1.29, 1.82) is 0 Å². The molecule has 0 bridgehead atoms. The largest absolute Gasteiger partial charge is 0.298 e. The maximum atomic E-state index is 11.9. The van der Waals surface area contributed by atoms with Crippen molar-refractivity contribution in [2.75, 3.05) is 14.1 Å². The summed E-state index contributed by atoms with van der Waals surface area (Å²) in [4.78, 5) is 14.0. The topological polar surface area (TPSA) is 20.3 Å². The van der Waals surface area contributed by atoms with Gasteiger partial charge in [0.25, 0.3) is 0 Å². The predicted octanol–water partition coefficient (Wildman–Crippen LogP) is 1.98. The third-order valence-corrected chi connectivity index (χ3v) is 3.56. The van der Waals surface area contributed by atoms with Crippen LogP contribution >= 0.6 is 0 Å². The van der Waals surface area contributed by atoms with E-state index in [1.165, 1.54) is 11.1 Å². The average Bonchev–Trinajstić information content (AvgIpc) is 2.57. The molecule has 1 aromatic rings. The van der Waals surface area contributed by atoms with Crippen LogP contribution in [0.3, 0.4) is 0 Å². The molecular weight excluding hydrogens is 186 g/mol. The number of likely N-dealkylation sites (N-methyl/N-ethyl adjacent to an activating group) is 1. The van der Waals surface area contributed by atoms with Gasteiger partial charge in [-0.15, -0.1) is 0 Å². The smallest absolute Gasteiger partial charge is 0.154 e. The van der Waals surface area contributed by atoms with Crippen LogP contribution < -0.4 is 0 Å². The van der Waals surface area contributed by atoms with E-state index in [0.29, 0.717) is 0 Å². The SMILES string of the molecule is CC(=O)C1(N(C)C)CCc2ccccc21. The lowest BCUT2D eigenvalue weighted by Crippen LogP contribution is -2.45. The summed E-state index contributed by atoms with van der Waals surface area (Å²) in [7, 11) is 3.98. The summed E-state index contributed by atoms with van der Waals surface area (Å²) in [6.07, 6.45) is 1.92. The molecule has 0 amide bonds. The Bertz CT molecular complexity index is 397. The van der Waals surface area contributed by atoms with Crippen molar-refractivity contribution in [3.05, 3.63) is 35.4 Å². The molecule has 2 nitrogen and oxygen atoms in total. The number of carbonyl (C=O) groups is 1. The zero-order chi connectivity index (χ0) is 11.1. The molecule has 80 valence electrons. The van der Waals surface area contributed by atoms with Crippen LogP contribution in [-0.2, 0) is 16.8 Å². The fourth-order valence-electron chi connectivity index (χ4n) is 2.74. The number of Topliss-reactive ketones (excluding diaryl/α,β-unsaturated/α-hetero) is 1. The van der Waals surface area contributed by atoms with Crippen LogP contribution in [0.1, 0.15) is 24.5 Å². The van der Waals surface area contributed by atoms with Gasteiger partial charge in [-0.25, -0.2) is 0 Å². The van der Waals surface area contributed by atoms with E-state index in [4.69, 9.17) is 0 Å². The van der Waals surface area contributed by atoms with Crippen LogP contribution in [0.2, 0.25) is 0 Å². The molecule has 2 heteroatoms. The van der Waals surface area contributed by atoms with E-state index in [-0.39, 0.29) is 11.3 Å². The molecule has 2 rings (SSSR count). The summed E-state index contributed by atoms with van der Waals surface area (Å²) >= 11 is 0. The van der Waals surface area contributed by atoms with E-state index >= 15 is 0 Å². The lowest BCUT2D eigenvalue weighted by Gasteiger charge is -2.34. The minimum Gasteiger partial charge on any atom is -0.298 e. The third-order valence-electron chi connectivity index (χ3n) is 3.56. The van der Waals surface area contributed by atoms with Crippen LogP contribution in [0.25, 0.3) is 0 Å². The Hall–Kier alpha value is -1.15. The fraction of sp³-hybridized carbons (Fsp3) is 0.462. The third kappa shape index (κ3) is 1.32. The Kier molecular flexibility index (Phi) is 2.39. The molecular formula is C13H17NO. The first-order valence-electron chi connectivity index (χ1n) is 5.36. The van der Waals surface area contributed by atoms with Crippen molar-refractivity contribution in [3.8, 4) is 0 Å². The average molecular weight is 203 g/mol. The second-order valence-corrected chi connectivity index (χ2v) is 4.47. The minimum absolute atomic E-state index is 0.248. The van der Waals surface area contributed by atoms with Crippen molar-refractivity contribution in [2.24, 2.45) is 0 Å². The highest BCUT2D eigenvalue weighted by Gasteiger charge is 2.44. The van der Waals surface area contributed by atoms with Gasteiger partial charge in [-0.2, -0.15) is 0 Å². The molecule has 0 heterocycles. The summed E-state index contributed by atoms with van der Waals surface area (Å²) in [5.74, 6) is 0.248.